The molecule has 0 saturated carbocycles. The molecule has 3 rings (SSSR count). The fourth-order valence-corrected chi connectivity index (χ4v) is 3.27. The largest absolute Gasteiger partial charge is 0.484 e. The van der Waals surface area contributed by atoms with Crippen LogP contribution in [-0.2, 0) is 11.2 Å². The third-order valence-electron chi connectivity index (χ3n) is 4.91. The lowest BCUT2D eigenvalue weighted by Crippen LogP contribution is -2.51. The monoisotopic (exact) mass is 402 g/mol. The molecule has 0 spiro atoms. The number of aryl methyl sites for hydroxylation is 1. The highest BCUT2D eigenvalue weighted by Gasteiger charge is 2.26. The van der Waals surface area contributed by atoms with Crippen molar-refractivity contribution in [3.05, 3.63) is 65.2 Å². The number of carbonyl (C=O) groups is 2. The minimum Gasteiger partial charge on any atom is -0.484 e. The van der Waals surface area contributed by atoms with E-state index in [1.54, 1.807) is 4.90 Å². The minimum absolute atomic E-state index is 0.0757. The summed E-state index contributed by atoms with van der Waals surface area (Å²) in [5.41, 5.74) is 1.06. The Morgan fingerprint density at radius 3 is 2.24 bits per heavy atom. The van der Waals surface area contributed by atoms with Crippen molar-refractivity contribution in [3.8, 4) is 5.75 Å². The van der Waals surface area contributed by atoms with Gasteiger partial charge < -0.3 is 14.5 Å². The quantitative estimate of drug-likeness (QED) is 0.745. The van der Waals surface area contributed by atoms with Crippen LogP contribution in [0.5, 0.6) is 5.75 Å². The van der Waals surface area contributed by atoms with Gasteiger partial charge in [0.25, 0.3) is 11.8 Å². The van der Waals surface area contributed by atoms with Crippen LogP contribution in [0.25, 0.3) is 0 Å². The summed E-state index contributed by atoms with van der Waals surface area (Å²) in [6.45, 7) is 3.29. The first kappa shape index (κ1) is 20.8. The summed E-state index contributed by atoms with van der Waals surface area (Å²) in [6.07, 6.45) is 2.07. The molecule has 5 nitrogen and oxygen atoms in total. The number of piperazine rings is 1. The van der Waals surface area contributed by atoms with E-state index in [9.17, 15) is 18.4 Å². The van der Waals surface area contributed by atoms with Crippen LogP contribution < -0.4 is 4.74 Å². The molecule has 1 aliphatic rings. The first-order valence-electron chi connectivity index (χ1n) is 9.71. The standard InChI is InChI=1S/C22H24F2N2O3/c1-2-3-16-4-7-18(8-5-16)29-15-21(27)25-10-12-26(13-11-25)22(28)19-9-6-17(23)14-20(19)24/h4-9,14H,2-3,10-13,15H2,1H3. The smallest absolute Gasteiger partial charge is 0.260 e. The number of rotatable bonds is 6. The van der Waals surface area contributed by atoms with Gasteiger partial charge in [0.2, 0.25) is 0 Å². The van der Waals surface area contributed by atoms with Crippen molar-refractivity contribution in [1.29, 1.82) is 0 Å². The molecule has 7 heteroatoms. The van der Waals surface area contributed by atoms with Gasteiger partial charge in [-0.2, -0.15) is 0 Å². The van der Waals surface area contributed by atoms with E-state index >= 15 is 0 Å². The number of carbonyl (C=O) groups excluding carboxylic acids is 2. The number of hydrogen-bond donors (Lipinski definition) is 0. The number of nitrogens with zero attached hydrogens (tertiary/aromatic N) is 2. The molecule has 0 bridgehead atoms. The Kier molecular flexibility index (Phi) is 6.80. The van der Waals surface area contributed by atoms with Gasteiger partial charge in [-0.25, -0.2) is 8.78 Å². The van der Waals surface area contributed by atoms with Gasteiger partial charge in [0.15, 0.2) is 6.61 Å². The molecule has 1 fully saturated rings. The van der Waals surface area contributed by atoms with Crippen molar-refractivity contribution in [1.82, 2.24) is 9.80 Å². The maximum absolute atomic E-state index is 13.8. The molecule has 154 valence electrons. The highest BCUT2D eigenvalue weighted by molar-refractivity contribution is 5.94. The highest BCUT2D eigenvalue weighted by atomic mass is 19.1. The summed E-state index contributed by atoms with van der Waals surface area (Å²) in [7, 11) is 0. The van der Waals surface area contributed by atoms with Crippen molar-refractivity contribution < 1.29 is 23.1 Å². The van der Waals surface area contributed by atoms with E-state index in [0.29, 0.717) is 24.9 Å². The van der Waals surface area contributed by atoms with Crippen LogP contribution in [-0.4, -0.2) is 54.4 Å². The van der Waals surface area contributed by atoms with E-state index < -0.39 is 17.5 Å². The predicted molar refractivity (Wildman–Crippen MR) is 105 cm³/mol. The van der Waals surface area contributed by atoms with Gasteiger partial charge in [-0.15, -0.1) is 0 Å². The number of ether oxygens (including phenoxy) is 1. The van der Waals surface area contributed by atoms with Gasteiger partial charge in [-0.05, 0) is 36.2 Å². The van der Waals surface area contributed by atoms with Gasteiger partial charge in [-0.1, -0.05) is 25.5 Å². The Bertz CT molecular complexity index is 863. The van der Waals surface area contributed by atoms with Crippen molar-refractivity contribution in [2.75, 3.05) is 32.8 Å². The normalized spacial score (nSPS) is 14.0. The maximum Gasteiger partial charge on any atom is 0.260 e. The third kappa shape index (κ3) is 5.31. The van der Waals surface area contributed by atoms with E-state index in [0.717, 1.165) is 25.0 Å². The van der Waals surface area contributed by atoms with Gasteiger partial charge in [0.05, 0.1) is 5.56 Å². The maximum atomic E-state index is 13.8. The van der Waals surface area contributed by atoms with E-state index in [2.05, 4.69) is 6.92 Å². The number of hydrogen-bond acceptors (Lipinski definition) is 3. The fourth-order valence-electron chi connectivity index (χ4n) is 3.27. The van der Waals surface area contributed by atoms with Crippen LogP contribution in [0, 0.1) is 11.6 Å². The van der Waals surface area contributed by atoms with Crippen LogP contribution in [0.15, 0.2) is 42.5 Å². The molecule has 0 radical (unpaired) electrons. The Hall–Kier alpha value is -2.96. The molecule has 29 heavy (non-hydrogen) atoms. The second-order valence-electron chi connectivity index (χ2n) is 6.98. The molecule has 1 saturated heterocycles. The second kappa shape index (κ2) is 9.49. The summed E-state index contributed by atoms with van der Waals surface area (Å²) in [4.78, 5) is 27.9. The molecule has 1 heterocycles. The van der Waals surface area contributed by atoms with Crippen LogP contribution in [0.1, 0.15) is 29.3 Å². The Morgan fingerprint density at radius 2 is 1.62 bits per heavy atom. The molecule has 0 unspecified atom stereocenters. The average molecular weight is 402 g/mol. The number of halogens is 2. The molecule has 2 aromatic carbocycles. The van der Waals surface area contributed by atoms with Crippen LogP contribution >= 0.6 is 0 Å². The van der Waals surface area contributed by atoms with Crippen molar-refractivity contribution in [2.24, 2.45) is 0 Å². The Morgan fingerprint density at radius 1 is 0.966 bits per heavy atom. The lowest BCUT2D eigenvalue weighted by atomic mass is 10.1. The van der Waals surface area contributed by atoms with E-state index in [1.807, 2.05) is 24.3 Å². The van der Waals surface area contributed by atoms with Crippen LogP contribution in [0.3, 0.4) is 0 Å². The van der Waals surface area contributed by atoms with Crippen molar-refractivity contribution in [2.45, 2.75) is 19.8 Å². The average Bonchev–Trinajstić information content (AvgIpc) is 2.73. The second-order valence-corrected chi connectivity index (χ2v) is 6.98. The topological polar surface area (TPSA) is 49.9 Å². The predicted octanol–water partition coefficient (Wildman–Crippen LogP) is 3.28. The molecule has 2 amide bonds. The summed E-state index contributed by atoms with van der Waals surface area (Å²) >= 11 is 0. The summed E-state index contributed by atoms with van der Waals surface area (Å²) in [5, 5.41) is 0. The molecule has 0 N–H and O–H groups in total. The van der Waals surface area contributed by atoms with Crippen LogP contribution in [0.2, 0.25) is 0 Å². The zero-order valence-corrected chi connectivity index (χ0v) is 16.4. The molecular formula is C22H24F2N2O3. The number of benzene rings is 2. The molecule has 1 aliphatic heterocycles. The first-order valence-corrected chi connectivity index (χ1v) is 9.71. The Labute approximate surface area is 168 Å². The molecule has 0 atom stereocenters. The summed E-state index contributed by atoms with van der Waals surface area (Å²) in [6, 6.07) is 10.6. The van der Waals surface area contributed by atoms with Gasteiger partial charge in [0.1, 0.15) is 17.4 Å². The minimum atomic E-state index is -0.883. The van der Waals surface area contributed by atoms with Crippen LogP contribution in [0.4, 0.5) is 8.78 Å². The summed E-state index contributed by atoms with van der Waals surface area (Å²) in [5.74, 6) is -1.64. The van der Waals surface area contributed by atoms with Gasteiger partial charge in [-0.3, -0.25) is 9.59 Å². The lowest BCUT2D eigenvalue weighted by molar-refractivity contribution is -0.134. The first-order chi connectivity index (χ1) is 14.0. The molecule has 0 aromatic heterocycles. The third-order valence-corrected chi connectivity index (χ3v) is 4.91. The lowest BCUT2D eigenvalue weighted by Gasteiger charge is -2.34. The SMILES string of the molecule is CCCc1ccc(OCC(=O)N2CCN(C(=O)c3ccc(F)cc3F)CC2)cc1. The van der Waals surface area contributed by atoms with Gasteiger partial charge in [0, 0.05) is 32.2 Å². The van der Waals surface area contributed by atoms with Crippen molar-refractivity contribution in [3.63, 3.8) is 0 Å². The zero-order valence-electron chi connectivity index (χ0n) is 16.4. The van der Waals surface area contributed by atoms with Crippen molar-refractivity contribution >= 4 is 11.8 Å². The molecule has 2 aromatic rings. The van der Waals surface area contributed by atoms with Gasteiger partial charge >= 0.3 is 0 Å². The fraction of sp³-hybridized carbons (Fsp3) is 0.364. The highest BCUT2D eigenvalue weighted by Crippen LogP contribution is 2.16. The molecule has 0 aliphatic carbocycles. The Balaban J connectivity index is 1.48. The number of amides is 2. The molecular weight excluding hydrogens is 378 g/mol. The van der Waals surface area contributed by atoms with E-state index in [4.69, 9.17) is 4.74 Å². The zero-order chi connectivity index (χ0) is 20.8. The van der Waals surface area contributed by atoms with E-state index in [-0.39, 0.29) is 31.2 Å². The van der Waals surface area contributed by atoms with E-state index in [1.165, 1.54) is 10.5 Å². The summed E-state index contributed by atoms with van der Waals surface area (Å²) < 4.78 is 32.4.